The summed E-state index contributed by atoms with van der Waals surface area (Å²) in [7, 11) is 0. The van der Waals surface area contributed by atoms with E-state index < -0.39 is 0 Å². The normalized spacial score (nSPS) is 50.1. The van der Waals surface area contributed by atoms with E-state index in [-0.39, 0.29) is 0 Å². The van der Waals surface area contributed by atoms with Crippen molar-refractivity contribution in [3.8, 4) is 0 Å². The second-order valence-corrected chi connectivity index (χ2v) is 13.1. The molecule has 0 saturated heterocycles. The fourth-order valence-electron chi connectivity index (χ4n) is 9.10. The first kappa shape index (κ1) is 20.8. The Kier molecular flexibility index (Phi) is 4.85. The molecule has 6 bridgehead atoms. The lowest BCUT2D eigenvalue weighted by Crippen LogP contribution is -2.47. The highest BCUT2D eigenvalue weighted by Gasteiger charge is 2.69. The maximum atomic E-state index is 3.56. The van der Waals surface area contributed by atoms with Gasteiger partial charge in [0.1, 0.15) is 0 Å². The SMILES string of the molecule is C1=CC2C3C=CC(C3)C2C1.C=C(C)C.CC1(C)C2CC(C3C4C=CC(C4)C32)C1(C)C. The number of hydrogen-bond donors (Lipinski definition) is 0. The van der Waals surface area contributed by atoms with E-state index in [0.29, 0.717) is 10.8 Å². The Hall–Kier alpha value is -1.04. The predicted octanol–water partition coefficient (Wildman–Crippen LogP) is 8.09. The Labute approximate surface area is 186 Å². The van der Waals surface area contributed by atoms with Gasteiger partial charge >= 0.3 is 0 Å². The van der Waals surface area contributed by atoms with Gasteiger partial charge in [0.25, 0.3) is 0 Å². The van der Waals surface area contributed by atoms with Crippen LogP contribution in [0.25, 0.3) is 0 Å². The fourth-order valence-corrected chi connectivity index (χ4v) is 9.10. The molecule has 7 rings (SSSR count). The zero-order chi connectivity index (χ0) is 21.4. The van der Waals surface area contributed by atoms with Crippen LogP contribution in [-0.4, -0.2) is 0 Å². The van der Waals surface area contributed by atoms with Crippen LogP contribution in [0.1, 0.15) is 67.2 Å². The van der Waals surface area contributed by atoms with Crippen molar-refractivity contribution in [2.75, 3.05) is 0 Å². The third-order valence-electron chi connectivity index (χ3n) is 11.0. The molecule has 7 aliphatic carbocycles. The van der Waals surface area contributed by atoms with Crippen LogP contribution in [0, 0.1) is 70.0 Å². The summed E-state index contributed by atoms with van der Waals surface area (Å²) < 4.78 is 0. The van der Waals surface area contributed by atoms with Crippen LogP contribution < -0.4 is 0 Å². The second kappa shape index (κ2) is 6.98. The van der Waals surface area contributed by atoms with Crippen LogP contribution in [0.2, 0.25) is 0 Å². The average Bonchev–Trinajstić information content (AvgIpc) is 3.50. The van der Waals surface area contributed by atoms with E-state index in [0.717, 1.165) is 59.2 Å². The summed E-state index contributed by atoms with van der Waals surface area (Å²) in [6.07, 6.45) is 20.6. The largest absolute Gasteiger partial charge is 0.100 e. The van der Waals surface area contributed by atoms with Crippen molar-refractivity contribution in [2.24, 2.45) is 70.0 Å². The van der Waals surface area contributed by atoms with Crippen molar-refractivity contribution in [3.05, 3.63) is 48.6 Å². The van der Waals surface area contributed by atoms with Crippen molar-refractivity contribution >= 4 is 0 Å². The maximum absolute atomic E-state index is 3.56. The lowest BCUT2D eigenvalue weighted by molar-refractivity contribution is -0.0349. The first-order valence-electron chi connectivity index (χ1n) is 12.8. The Bertz CT molecular complexity index is 751. The van der Waals surface area contributed by atoms with Crippen LogP contribution in [0.15, 0.2) is 48.6 Å². The molecule has 30 heavy (non-hydrogen) atoms. The van der Waals surface area contributed by atoms with Gasteiger partial charge in [-0.05, 0) is 110 Å². The molecule has 0 heteroatoms. The van der Waals surface area contributed by atoms with Crippen molar-refractivity contribution < 1.29 is 0 Å². The molecule has 10 atom stereocenters. The monoisotopic (exact) mass is 404 g/mol. The molecule has 0 aliphatic heterocycles. The van der Waals surface area contributed by atoms with Crippen LogP contribution in [-0.2, 0) is 0 Å². The van der Waals surface area contributed by atoms with E-state index >= 15 is 0 Å². The highest BCUT2D eigenvalue weighted by Crippen LogP contribution is 2.76. The number of rotatable bonds is 0. The molecule has 164 valence electrons. The van der Waals surface area contributed by atoms with Crippen LogP contribution in [0.5, 0.6) is 0 Å². The molecule has 0 radical (unpaired) electrons. The molecule has 0 heterocycles. The van der Waals surface area contributed by atoms with Gasteiger partial charge in [-0.2, -0.15) is 0 Å². The minimum atomic E-state index is 0.567. The zero-order valence-electron chi connectivity index (χ0n) is 20.3. The molecule has 10 unspecified atom stereocenters. The third-order valence-corrected chi connectivity index (χ3v) is 11.0. The summed E-state index contributed by atoms with van der Waals surface area (Å²) in [6.45, 7) is 17.7. The zero-order valence-corrected chi connectivity index (χ0v) is 20.3. The predicted molar refractivity (Wildman–Crippen MR) is 129 cm³/mol. The van der Waals surface area contributed by atoms with Crippen molar-refractivity contribution in [1.82, 2.24) is 0 Å². The molecule has 4 saturated carbocycles. The van der Waals surface area contributed by atoms with Crippen LogP contribution >= 0.6 is 0 Å². The van der Waals surface area contributed by atoms with Gasteiger partial charge in [-0.15, -0.1) is 6.58 Å². The molecule has 0 amide bonds. The molecule has 0 spiro atoms. The summed E-state index contributed by atoms with van der Waals surface area (Å²) in [6, 6.07) is 0. The Morgan fingerprint density at radius 3 is 1.70 bits per heavy atom. The number of allylic oxidation sites excluding steroid dienone is 7. The average molecular weight is 405 g/mol. The van der Waals surface area contributed by atoms with E-state index in [1.165, 1.54) is 31.3 Å². The van der Waals surface area contributed by atoms with Crippen LogP contribution in [0.3, 0.4) is 0 Å². The quantitative estimate of drug-likeness (QED) is 0.282. The molecule has 7 aliphatic rings. The minimum Gasteiger partial charge on any atom is -0.100 e. The Morgan fingerprint density at radius 1 is 0.700 bits per heavy atom. The second-order valence-electron chi connectivity index (χ2n) is 13.1. The van der Waals surface area contributed by atoms with Crippen LogP contribution in [0.4, 0.5) is 0 Å². The van der Waals surface area contributed by atoms with E-state index in [4.69, 9.17) is 0 Å². The molecule has 4 fully saturated rings. The van der Waals surface area contributed by atoms with Gasteiger partial charge in [0.05, 0.1) is 0 Å². The van der Waals surface area contributed by atoms with E-state index in [1.807, 2.05) is 13.8 Å². The Morgan fingerprint density at radius 2 is 1.17 bits per heavy atom. The van der Waals surface area contributed by atoms with Gasteiger partial charge in [-0.25, -0.2) is 0 Å². The fraction of sp³-hybridized carbons (Fsp3) is 0.733. The first-order valence-corrected chi connectivity index (χ1v) is 12.8. The van der Waals surface area contributed by atoms with E-state index in [9.17, 15) is 0 Å². The lowest BCUT2D eigenvalue weighted by atomic mass is 9.52. The van der Waals surface area contributed by atoms with Crippen molar-refractivity contribution in [3.63, 3.8) is 0 Å². The lowest BCUT2D eigenvalue weighted by Gasteiger charge is -2.52. The smallest absolute Gasteiger partial charge is 0.0133 e. The van der Waals surface area contributed by atoms with E-state index in [1.54, 1.807) is 0 Å². The van der Waals surface area contributed by atoms with Gasteiger partial charge in [0, 0.05) is 0 Å². The third kappa shape index (κ3) is 2.84. The van der Waals surface area contributed by atoms with Crippen molar-refractivity contribution in [1.29, 1.82) is 0 Å². The molecule has 0 aromatic rings. The summed E-state index contributed by atoms with van der Waals surface area (Å²) in [4.78, 5) is 0. The highest BCUT2D eigenvalue weighted by atomic mass is 14.7. The molecule has 0 aromatic carbocycles. The topological polar surface area (TPSA) is 0 Å². The summed E-state index contributed by atoms with van der Waals surface area (Å²) in [5.41, 5.74) is 2.30. The van der Waals surface area contributed by atoms with Crippen molar-refractivity contribution in [2.45, 2.75) is 67.2 Å². The molecular weight excluding hydrogens is 360 g/mol. The Balaban J connectivity index is 0.000000117. The van der Waals surface area contributed by atoms with Gasteiger partial charge in [0.15, 0.2) is 0 Å². The number of fused-ring (bicyclic) bond motifs is 14. The van der Waals surface area contributed by atoms with E-state index in [2.05, 4.69) is 70.7 Å². The molecular formula is C30H44. The van der Waals surface area contributed by atoms with Gasteiger partial charge in [-0.1, -0.05) is 69.7 Å². The van der Waals surface area contributed by atoms with Gasteiger partial charge in [-0.3, -0.25) is 0 Å². The number of hydrogen-bond acceptors (Lipinski definition) is 0. The summed E-state index contributed by atoms with van der Waals surface area (Å²) >= 11 is 0. The minimum absolute atomic E-state index is 0.567. The molecule has 0 nitrogen and oxygen atoms in total. The highest BCUT2D eigenvalue weighted by molar-refractivity contribution is 5.25. The summed E-state index contributed by atoms with van der Waals surface area (Å²) in [5.74, 6) is 9.88. The molecule has 0 N–H and O–H groups in total. The molecule has 0 aromatic heterocycles. The maximum Gasteiger partial charge on any atom is -0.0133 e. The van der Waals surface area contributed by atoms with Gasteiger partial charge < -0.3 is 0 Å². The first-order chi connectivity index (χ1) is 14.1. The van der Waals surface area contributed by atoms with Gasteiger partial charge in [0.2, 0.25) is 0 Å². The summed E-state index contributed by atoms with van der Waals surface area (Å²) in [5, 5.41) is 0. The standard InChI is InChI=1S/C16H24.C10H12.C4H8/c1-15(2)11-8-12(16(15,3)4)14-10-6-5-9(7-10)13(11)14;1-2-9-7-4-5-8(6-7)10(9)3-1;1-4(2)3/h5-6,9-14H,7-8H2,1-4H3;1-2,4-5,7-10H,3,6H2;1H2,2-3H3.